The molecule has 2 heterocycles. The maximum Gasteiger partial charge on any atom is 0.226 e. The van der Waals surface area contributed by atoms with Gasteiger partial charge in [-0.2, -0.15) is 0 Å². The molecule has 3 rings (SSSR count). The molecular weight excluding hydrogens is 252 g/mol. The first-order valence-electron chi connectivity index (χ1n) is 6.94. The molecule has 0 saturated heterocycles. The highest BCUT2D eigenvalue weighted by molar-refractivity contribution is 5.78. The zero-order valence-electron chi connectivity index (χ0n) is 11.6. The van der Waals surface area contributed by atoms with Crippen LogP contribution in [0.5, 0.6) is 0 Å². The van der Waals surface area contributed by atoms with E-state index < -0.39 is 0 Å². The van der Waals surface area contributed by atoms with E-state index in [1.54, 1.807) is 4.90 Å². The highest BCUT2D eigenvalue weighted by Gasteiger charge is 2.23. The fraction of sp³-hybridized carbons (Fsp3) is 0.400. The van der Waals surface area contributed by atoms with Gasteiger partial charge in [0.15, 0.2) is 11.5 Å². The van der Waals surface area contributed by atoms with Crippen molar-refractivity contribution >= 4 is 11.6 Å². The molecule has 5 heteroatoms. The lowest BCUT2D eigenvalue weighted by molar-refractivity contribution is -0.135. The van der Waals surface area contributed by atoms with Crippen molar-refractivity contribution in [1.29, 1.82) is 0 Å². The van der Waals surface area contributed by atoms with E-state index in [0.717, 1.165) is 30.7 Å². The Morgan fingerprint density at radius 3 is 3.10 bits per heavy atom. The third-order valence-corrected chi connectivity index (χ3v) is 3.76. The average Bonchev–Trinajstić information content (AvgIpc) is 2.91. The minimum absolute atomic E-state index is 0.115. The predicted octanol–water partition coefficient (Wildman–Crippen LogP) is 2.04. The quantitative estimate of drug-likeness (QED) is 0.802. The summed E-state index contributed by atoms with van der Waals surface area (Å²) >= 11 is 0. The molecule has 1 aliphatic carbocycles. The number of aromatic nitrogens is 3. The van der Waals surface area contributed by atoms with E-state index in [0.29, 0.717) is 6.54 Å². The lowest BCUT2D eigenvalue weighted by atomic mass is 9.93. The van der Waals surface area contributed by atoms with Crippen LogP contribution in [-0.4, -0.2) is 32.5 Å². The van der Waals surface area contributed by atoms with E-state index >= 15 is 0 Å². The van der Waals surface area contributed by atoms with Crippen molar-refractivity contribution in [2.75, 3.05) is 7.05 Å². The molecule has 1 atom stereocenters. The van der Waals surface area contributed by atoms with Gasteiger partial charge < -0.3 is 4.90 Å². The minimum Gasteiger partial charge on any atom is -0.338 e. The summed E-state index contributed by atoms with van der Waals surface area (Å²) in [6.07, 6.45) is 8.97. The van der Waals surface area contributed by atoms with Crippen molar-refractivity contribution in [1.82, 2.24) is 19.5 Å². The summed E-state index contributed by atoms with van der Waals surface area (Å²) in [4.78, 5) is 14.2. The summed E-state index contributed by atoms with van der Waals surface area (Å²) in [6, 6.07) is 5.77. The van der Waals surface area contributed by atoms with Gasteiger partial charge >= 0.3 is 0 Å². The fourth-order valence-electron chi connectivity index (χ4n) is 2.62. The molecule has 0 saturated carbocycles. The fourth-order valence-corrected chi connectivity index (χ4v) is 2.62. The van der Waals surface area contributed by atoms with Gasteiger partial charge in [0.1, 0.15) is 0 Å². The second kappa shape index (κ2) is 5.45. The highest BCUT2D eigenvalue weighted by Crippen LogP contribution is 2.20. The monoisotopic (exact) mass is 270 g/mol. The first kappa shape index (κ1) is 12.8. The highest BCUT2D eigenvalue weighted by atomic mass is 16.2. The van der Waals surface area contributed by atoms with E-state index in [2.05, 4.69) is 22.3 Å². The number of carbonyl (C=O) groups is 1. The van der Waals surface area contributed by atoms with Crippen molar-refractivity contribution in [3.8, 4) is 0 Å². The molecule has 0 spiro atoms. The summed E-state index contributed by atoms with van der Waals surface area (Å²) < 4.78 is 1.92. The van der Waals surface area contributed by atoms with Crippen LogP contribution in [0, 0.1) is 5.92 Å². The topological polar surface area (TPSA) is 50.5 Å². The number of allylic oxidation sites excluding steroid dienone is 2. The van der Waals surface area contributed by atoms with Crippen molar-refractivity contribution in [3.63, 3.8) is 0 Å². The van der Waals surface area contributed by atoms with Crippen LogP contribution in [0.15, 0.2) is 36.5 Å². The van der Waals surface area contributed by atoms with Gasteiger partial charge in [0.05, 0.1) is 6.54 Å². The standard InChI is InChI=1S/C15H18N4O/c1-18(15(20)12-7-3-2-4-8-12)11-14-17-16-13-9-5-6-10-19(13)14/h2-3,5-6,9-10,12H,4,7-8,11H2,1H3/t12-/m0/s1. The van der Waals surface area contributed by atoms with E-state index in [4.69, 9.17) is 0 Å². The molecule has 1 aliphatic rings. The molecule has 2 aromatic rings. The Morgan fingerprint density at radius 1 is 1.40 bits per heavy atom. The smallest absolute Gasteiger partial charge is 0.226 e. The molecule has 0 fully saturated rings. The molecular formula is C15H18N4O. The van der Waals surface area contributed by atoms with Gasteiger partial charge in [0.2, 0.25) is 5.91 Å². The van der Waals surface area contributed by atoms with Gasteiger partial charge in [-0.15, -0.1) is 10.2 Å². The molecule has 104 valence electrons. The number of carbonyl (C=O) groups excluding carboxylic acids is 1. The Hall–Kier alpha value is -2.17. The Bertz CT molecular complexity index is 646. The van der Waals surface area contributed by atoms with Gasteiger partial charge in [0.25, 0.3) is 0 Å². The molecule has 0 bridgehead atoms. The lowest BCUT2D eigenvalue weighted by Gasteiger charge is -2.23. The second-order valence-corrected chi connectivity index (χ2v) is 5.22. The van der Waals surface area contributed by atoms with Crippen molar-refractivity contribution < 1.29 is 4.79 Å². The number of nitrogens with zero attached hydrogens (tertiary/aromatic N) is 4. The summed E-state index contributed by atoms with van der Waals surface area (Å²) in [5, 5.41) is 8.28. The van der Waals surface area contributed by atoms with Crippen molar-refractivity contribution in [2.24, 2.45) is 5.92 Å². The summed E-state index contributed by atoms with van der Waals surface area (Å²) in [7, 11) is 1.84. The van der Waals surface area contributed by atoms with Gasteiger partial charge in [0, 0.05) is 19.2 Å². The van der Waals surface area contributed by atoms with Gasteiger partial charge in [-0.25, -0.2) is 0 Å². The number of hydrogen-bond acceptors (Lipinski definition) is 3. The van der Waals surface area contributed by atoms with Crippen LogP contribution in [0.2, 0.25) is 0 Å². The van der Waals surface area contributed by atoms with Gasteiger partial charge in [-0.1, -0.05) is 18.2 Å². The number of pyridine rings is 1. The van der Waals surface area contributed by atoms with E-state index in [1.165, 1.54) is 0 Å². The molecule has 1 amide bonds. The van der Waals surface area contributed by atoms with Gasteiger partial charge in [-0.05, 0) is 31.4 Å². The SMILES string of the molecule is CN(Cc1nnc2ccccn12)C(=O)[C@H]1CC=CCC1. The molecule has 0 unspecified atom stereocenters. The van der Waals surface area contributed by atoms with Crippen LogP contribution < -0.4 is 0 Å². The van der Waals surface area contributed by atoms with Crippen LogP contribution in [0.1, 0.15) is 25.1 Å². The first-order chi connectivity index (χ1) is 9.75. The second-order valence-electron chi connectivity index (χ2n) is 5.22. The largest absolute Gasteiger partial charge is 0.338 e. The van der Waals surface area contributed by atoms with Crippen LogP contribution in [0.25, 0.3) is 5.65 Å². The molecule has 2 aromatic heterocycles. The molecule has 20 heavy (non-hydrogen) atoms. The summed E-state index contributed by atoms with van der Waals surface area (Å²) in [5.74, 6) is 1.11. The number of amides is 1. The number of rotatable bonds is 3. The van der Waals surface area contributed by atoms with Gasteiger partial charge in [-0.3, -0.25) is 9.20 Å². The minimum atomic E-state index is 0.115. The third-order valence-electron chi connectivity index (χ3n) is 3.76. The Kier molecular flexibility index (Phi) is 3.50. The van der Waals surface area contributed by atoms with Crippen LogP contribution in [0.4, 0.5) is 0 Å². The Labute approximate surface area is 117 Å². The maximum absolute atomic E-state index is 12.4. The molecule has 0 radical (unpaired) electrons. The molecule has 5 nitrogen and oxygen atoms in total. The zero-order chi connectivity index (χ0) is 13.9. The van der Waals surface area contributed by atoms with Crippen molar-refractivity contribution in [2.45, 2.75) is 25.8 Å². The summed E-state index contributed by atoms with van der Waals surface area (Å²) in [5.41, 5.74) is 0.809. The predicted molar refractivity (Wildman–Crippen MR) is 75.9 cm³/mol. The van der Waals surface area contributed by atoms with Crippen molar-refractivity contribution in [3.05, 3.63) is 42.4 Å². The van der Waals surface area contributed by atoms with Crippen LogP contribution in [0.3, 0.4) is 0 Å². The molecule has 0 aromatic carbocycles. The number of hydrogen-bond donors (Lipinski definition) is 0. The Balaban J connectivity index is 1.73. The van der Waals surface area contributed by atoms with E-state index in [-0.39, 0.29) is 11.8 Å². The van der Waals surface area contributed by atoms with Crippen LogP contribution >= 0.6 is 0 Å². The molecule has 0 aliphatic heterocycles. The van der Waals surface area contributed by atoms with Crippen LogP contribution in [-0.2, 0) is 11.3 Å². The third kappa shape index (κ3) is 2.43. The first-order valence-corrected chi connectivity index (χ1v) is 6.94. The zero-order valence-corrected chi connectivity index (χ0v) is 11.6. The summed E-state index contributed by atoms with van der Waals surface area (Å²) in [6.45, 7) is 0.490. The average molecular weight is 270 g/mol. The van der Waals surface area contributed by atoms with E-state index in [9.17, 15) is 4.79 Å². The Morgan fingerprint density at radius 2 is 2.30 bits per heavy atom. The number of fused-ring (bicyclic) bond motifs is 1. The lowest BCUT2D eigenvalue weighted by Crippen LogP contribution is -2.33. The van der Waals surface area contributed by atoms with E-state index in [1.807, 2.05) is 35.8 Å². The molecule has 0 N–H and O–H groups in total. The normalized spacial score (nSPS) is 18.4. The maximum atomic E-state index is 12.4.